The molecule has 0 fully saturated rings. The summed E-state index contributed by atoms with van der Waals surface area (Å²) < 4.78 is 22.0. The van der Waals surface area contributed by atoms with Crippen LogP contribution in [0.2, 0.25) is 0 Å². The van der Waals surface area contributed by atoms with Crippen LogP contribution in [0.3, 0.4) is 0 Å². The summed E-state index contributed by atoms with van der Waals surface area (Å²) in [5.41, 5.74) is 2.53. The molecule has 9 heteroatoms. The van der Waals surface area contributed by atoms with E-state index >= 15 is 0 Å². The van der Waals surface area contributed by atoms with Gasteiger partial charge in [0.15, 0.2) is 0 Å². The molecule has 1 amide bonds. The number of sulfonamides is 1. The minimum atomic E-state index is -3.52. The van der Waals surface area contributed by atoms with Gasteiger partial charge in [0.1, 0.15) is 0 Å². The Bertz CT molecular complexity index is 786. The van der Waals surface area contributed by atoms with Gasteiger partial charge in [0.2, 0.25) is 15.9 Å². The maximum Gasteiger partial charge on any atom is 0.230 e. The molecule has 0 saturated heterocycles. The Labute approximate surface area is 149 Å². The van der Waals surface area contributed by atoms with E-state index in [0.29, 0.717) is 17.9 Å². The predicted octanol–water partition coefficient (Wildman–Crippen LogP) is 1.79. The van der Waals surface area contributed by atoms with E-state index in [4.69, 9.17) is 5.14 Å². The highest BCUT2D eigenvalue weighted by molar-refractivity contribution is 7.99. The van der Waals surface area contributed by atoms with Gasteiger partial charge in [-0.05, 0) is 18.1 Å². The zero-order chi connectivity index (χ0) is 17.6. The first-order valence-electron chi connectivity index (χ1n) is 7.15. The number of nitrogens with zero attached hydrogens (tertiary/aromatic N) is 1. The number of aryl methyl sites for hydroxylation is 1. The minimum Gasteiger partial charge on any atom is -0.351 e. The molecule has 6 nitrogen and oxygen atoms in total. The molecule has 1 aromatic carbocycles. The summed E-state index contributed by atoms with van der Waals surface area (Å²) in [5, 5.41) is 10.9. The molecule has 0 aliphatic carbocycles. The highest BCUT2D eigenvalue weighted by Gasteiger charge is 2.06. The molecule has 0 unspecified atom stereocenters. The van der Waals surface area contributed by atoms with Crippen molar-refractivity contribution in [3.63, 3.8) is 0 Å². The molecule has 0 aliphatic heterocycles. The second kappa shape index (κ2) is 8.61. The van der Waals surface area contributed by atoms with Crippen molar-refractivity contribution in [2.24, 2.45) is 5.14 Å². The van der Waals surface area contributed by atoms with Crippen LogP contribution in [-0.4, -0.2) is 25.1 Å². The summed E-state index contributed by atoms with van der Waals surface area (Å²) in [4.78, 5) is 16.2. The Balaban J connectivity index is 1.71. The third kappa shape index (κ3) is 7.00. The molecule has 0 bridgehead atoms. The molecule has 0 spiro atoms. The quantitative estimate of drug-likeness (QED) is 0.721. The van der Waals surface area contributed by atoms with Crippen LogP contribution in [0.25, 0.3) is 0 Å². The number of benzene rings is 1. The summed E-state index contributed by atoms with van der Waals surface area (Å²) in [6.45, 7) is 2.37. The number of thioether (sulfide) groups is 1. The standard InChI is InChI=1S/C15H19N3O3S3/c1-11-18-14(8-23-11)7-22-9-15(19)17-6-12-2-4-13(5-3-12)10-24(16,20)21/h2-5,8H,6-7,9-10H2,1H3,(H,17,19)(H2,16,20,21). The molecule has 2 rings (SSSR count). The fourth-order valence-electron chi connectivity index (χ4n) is 1.96. The zero-order valence-corrected chi connectivity index (χ0v) is 15.6. The molecule has 3 N–H and O–H groups in total. The number of aromatic nitrogens is 1. The first-order valence-corrected chi connectivity index (χ1v) is 10.9. The molecule has 1 heterocycles. The van der Waals surface area contributed by atoms with Crippen molar-refractivity contribution >= 4 is 39.0 Å². The molecule has 0 radical (unpaired) electrons. The molecule has 1 aromatic heterocycles. The fourth-order valence-corrected chi connectivity index (χ4v) is 4.08. The van der Waals surface area contributed by atoms with Crippen molar-refractivity contribution in [3.8, 4) is 0 Å². The van der Waals surface area contributed by atoms with Crippen LogP contribution in [-0.2, 0) is 32.9 Å². The summed E-state index contributed by atoms with van der Waals surface area (Å²) in [6, 6.07) is 6.97. The van der Waals surface area contributed by atoms with E-state index in [-0.39, 0.29) is 11.7 Å². The number of hydrogen-bond acceptors (Lipinski definition) is 6. The van der Waals surface area contributed by atoms with E-state index in [2.05, 4.69) is 10.3 Å². The monoisotopic (exact) mass is 385 g/mol. The predicted molar refractivity (Wildman–Crippen MR) is 98.1 cm³/mol. The number of rotatable bonds is 8. The van der Waals surface area contributed by atoms with Crippen LogP contribution < -0.4 is 10.5 Å². The molecule has 24 heavy (non-hydrogen) atoms. The average Bonchev–Trinajstić information content (AvgIpc) is 2.90. The van der Waals surface area contributed by atoms with Gasteiger partial charge in [-0.1, -0.05) is 24.3 Å². The average molecular weight is 386 g/mol. The lowest BCUT2D eigenvalue weighted by Crippen LogP contribution is -2.24. The molecular weight excluding hydrogens is 366 g/mol. The molecule has 2 aromatic rings. The second-order valence-corrected chi connectivity index (χ2v) is 8.91. The van der Waals surface area contributed by atoms with E-state index in [1.807, 2.05) is 12.3 Å². The van der Waals surface area contributed by atoms with Gasteiger partial charge in [-0.3, -0.25) is 4.79 Å². The maximum absolute atomic E-state index is 11.8. The lowest BCUT2D eigenvalue weighted by molar-refractivity contribution is -0.118. The molecule has 0 aliphatic rings. The van der Waals surface area contributed by atoms with E-state index < -0.39 is 10.0 Å². The maximum atomic E-state index is 11.8. The van der Waals surface area contributed by atoms with Crippen molar-refractivity contribution in [1.82, 2.24) is 10.3 Å². The van der Waals surface area contributed by atoms with Crippen molar-refractivity contribution in [1.29, 1.82) is 0 Å². The van der Waals surface area contributed by atoms with E-state index in [9.17, 15) is 13.2 Å². The van der Waals surface area contributed by atoms with Gasteiger partial charge in [0.25, 0.3) is 0 Å². The van der Waals surface area contributed by atoms with Crippen molar-refractivity contribution < 1.29 is 13.2 Å². The summed E-state index contributed by atoms with van der Waals surface area (Å²) >= 11 is 3.13. The normalized spacial score (nSPS) is 11.4. The van der Waals surface area contributed by atoms with Gasteiger partial charge >= 0.3 is 0 Å². The van der Waals surface area contributed by atoms with Crippen molar-refractivity contribution in [2.45, 2.75) is 25.0 Å². The van der Waals surface area contributed by atoms with Crippen LogP contribution in [0, 0.1) is 6.92 Å². The van der Waals surface area contributed by atoms with Gasteiger partial charge in [-0.25, -0.2) is 18.5 Å². The van der Waals surface area contributed by atoms with E-state index in [1.54, 1.807) is 35.6 Å². The molecule has 130 valence electrons. The van der Waals surface area contributed by atoms with Crippen LogP contribution in [0.15, 0.2) is 29.6 Å². The summed E-state index contributed by atoms with van der Waals surface area (Å²) in [5.74, 6) is 0.868. The lowest BCUT2D eigenvalue weighted by atomic mass is 10.1. The van der Waals surface area contributed by atoms with Crippen molar-refractivity contribution in [3.05, 3.63) is 51.5 Å². The molecule has 0 saturated carbocycles. The second-order valence-electron chi connectivity index (χ2n) is 5.25. The van der Waals surface area contributed by atoms with E-state index in [1.165, 1.54) is 11.8 Å². The van der Waals surface area contributed by atoms with Crippen LogP contribution in [0.5, 0.6) is 0 Å². The van der Waals surface area contributed by atoms with Gasteiger partial charge in [0, 0.05) is 17.7 Å². The highest BCUT2D eigenvalue weighted by Crippen LogP contribution is 2.15. The summed E-state index contributed by atoms with van der Waals surface area (Å²) in [6.07, 6.45) is 0. The fraction of sp³-hybridized carbons (Fsp3) is 0.333. The van der Waals surface area contributed by atoms with Gasteiger partial charge in [0.05, 0.1) is 22.2 Å². The minimum absolute atomic E-state index is 0.0411. The van der Waals surface area contributed by atoms with E-state index in [0.717, 1.165) is 22.0 Å². The smallest absolute Gasteiger partial charge is 0.230 e. The third-order valence-corrected chi connectivity index (χ3v) is 5.55. The number of nitrogens with two attached hydrogens (primary N) is 1. The number of carbonyl (C=O) groups is 1. The van der Waals surface area contributed by atoms with Crippen LogP contribution in [0.1, 0.15) is 21.8 Å². The molecular formula is C15H19N3O3S3. The Morgan fingerprint density at radius 3 is 2.54 bits per heavy atom. The highest BCUT2D eigenvalue weighted by atomic mass is 32.2. The van der Waals surface area contributed by atoms with Gasteiger partial charge < -0.3 is 5.32 Å². The Hall–Kier alpha value is -1.42. The topological polar surface area (TPSA) is 102 Å². The first-order chi connectivity index (χ1) is 11.3. The SMILES string of the molecule is Cc1nc(CSCC(=O)NCc2ccc(CS(N)(=O)=O)cc2)cs1. The number of thiazole rings is 1. The van der Waals surface area contributed by atoms with Crippen molar-refractivity contribution in [2.75, 3.05) is 5.75 Å². The first kappa shape index (κ1) is 18.9. The Kier molecular flexibility index (Phi) is 6.79. The molecule has 0 atom stereocenters. The lowest BCUT2D eigenvalue weighted by Gasteiger charge is -2.06. The Morgan fingerprint density at radius 2 is 1.96 bits per heavy atom. The number of primary sulfonamides is 1. The van der Waals surface area contributed by atoms with Gasteiger partial charge in [-0.15, -0.1) is 23.1 Å². The Morgan fingerprint density at radius 1 is 1.29 bits per heavy atom. The number of amides is 1. The van der Waals surface area contributed by atoms with Gasteiger partial charge in [-0.2, -0.15) is 0 Å². The number of nitrogens with one attached hydrogen (secondary N) is 1. The largest absolute Gasteiger partial charge is 0.351 e. The zero-order valence-electron chi connectivity index (χ0n) is 13.2. The van der Waals surface area contributed by atoms with Crippen LogP contribution >= 0.6 is 23.1 Å². The summed E-state index contributed by atoms with van der Waals surface area (Å²) in [7, 11) is -3.52. The van der Waals surface area contributed by atoms with Crippen LogP contribution in [0.4, 0.5) is 0 Å². The third-order valence-electron chi connectivity index (χ3n) is 3.03. The number of hydrogen-bond donors (Lipinski definition) is 2. The number of carbonyl (C=O) groups excluding carboxylic acids is 1.